The highest BCUT2D eigenvalue weighted by molar-refractivity contribution is 5.09. The second-order valence-corrected chi connectivity index (χ2v) is 5.89. The third kappa shape index (κ3) is 1.18. The highest BCUT2D eigenvalue weighted by atomic mass is 15.0. The van der Waals surface area contributed by atoms with E-state index in [1.54, 1.807) is 19.3 Å². The number of rotatable bonds is 3. The molecule has 2 bridgehead atoms. The summed E-state index contributed by atoms with van der Waals surface area (Å²) in [5.41, 5.74) is 0. The van der Waals surface area contributed by atoms with Gasteiger partial charge in [-0.1, -0.05) is 6.92 Å². The van der Waals surface area contributed by atoms with Gasteiger partial charge in [0.2, 0.25) is 0 Å². The molecule has 0 aliphatic heterocycles. The zero-order valence-electron chi connectivity index (χ0n) is 9.50. The Bertz CT molecular complexity index is 223. The van der Waals surface area contributed by atoms with E-state index in [9.17, 15) is 0 Å². The summed E-state index contributed by atoms with van der Waals surface area (Å²) in [5.74, 6) is 4.47. The fourth-order valence-corrected chi connectivity index (χ4v) is 4.35. The molecule has 0 amide bonds. The lowest BCUT2D eigenvalue weighted by molar-refractivity contribution is 0.0437. The van der Waals surface area contributed by atoms with Gasteiger partial charge < -0.3 is 5.32 Å². The van der Waals surface area contributed by atoms with Crippen LogP contribution in [-0.2, 0) is 0 Å². The van der Waals surface area contributed by atoms with Gasteiger partial charge in [-0.25, -0.2) is 0 Å². The quantitative estimate of drug-likeness (QED) is 0.727. The summed E-state index contributed by atoms with van der Waals surface area (Å²) in [6, 6.07) is 1.63. The molecule has 3 aliphatic carbocycles. The van der Waals surface area contributed by atoms with Crippen molar-refractivity contribution in [1.82, 2.24) is 5.32 Å². The van der Waals surface area contributed by atoms with E-state index < -0.39 is 0 Å². The van der Waals surface area contributed by atoms with Crippen LogP contribution in [0.15, 0.2) is 0 Å². The van der Waals surface area contributed by atoms with Crippen molar-refractivity contribution in [3.63, 3.8) is 0 Å². The summed E-state index contributed by atoms with van der Waals surface area (Å²) in [5, 5.41) is 3.82. The van der Waals surface area contributed by atoms with Crippen molar-refractivity contribution in [2.45, 2.75) is 58.0 Å². The predicted molar refractivity (Wildman–Crippen MR) is 59.1 cm³/mol. The number of hydrogen-bond acceptors (Lipinski definition) is 1. The molecule has 0 radical (unpaired) electrons. The van der Waals surface area contributed by atoms with Crippen LogP contribution < -0.4 is 5.32 Å². The van der Waals surface area contributed by atoms with Crippen molar-refractivity contribution >= 4 is 0 Å². The molecule has 0 aromatic carbocycles. The van der Waals surface area contributed by atoms with Gasteiger partial charge in [0.15, 0.2) is 0 Å². The van der Waals surface area contributed by atoms with Crippen LogP contribution in [0.25, 0.3) is 0 Å². The van der Waals surface area contributed by atoms with Gasteiger partial charge >= 0.3 is 0 Å². The minimum atomic E-state index is 0.736. The topological polar surface area (TPSA) is 12.0 Å². The maximum atomic E-state index is 3.82. The third-order valence-corrected chi connectivity index (χ3v) is 5.26. The maximum Gasteiger partial charge on any atom is 0.0106 e. The Morgan fingerprint density at radius 2 is 2.00 bits per heavy atom. The average Bonchev–Trinajstić information content (AvgIpc) is 2.68. The molecule has 80 valence electrons. The monoisotopic (exact) mass is 193 g/mol. The minimum Gasteiger partial charge on any atom is -0.311 e. The first-order valence-corrected chi connectivity index (χ1v) is 6.55. The molecule has 3 saturated carbocycles. The van der Waals surface area contributed by atoms with Crippen LogP contribution in [0.3, 0.4) is 0 Å². The SMILES string of the molecule is CCC(C)N[C@@H]1C[C@@H]2C3CCC(C3)[C@@H]21. The van der Waals surface area contributed by atoms with E-state index in [0.717, 1.165) is 35.8 Å². The zero-order valence-corrected chi connectivity index (χ0v) is 9.50. The molecule has 1 N–H and O–H groups in total. The minimum absolute atomic E-state index is 0.736. The molecule has 1 heteroatoms. The fraction of sp³-hybridized carbons (Fsp3) is 1.00. The van der Waals surface area contributed by atoms with Crippen LogP contribution in [0.1, 0.15) is 46.0 Å². The van der Waals surface area contributed by atoms with E-state index >= 15 is 0 Å². The van der Waals surface area contributed by atoms with Crippen molar-refractivity contribution in [2.75, 3.05) is 0 Å². The first-order valence-electron chi connectivity index (χ1n) is 6.55. The van der Waals surface area contributed by atoms with Gasteiger partial charge in [-0.15, -0.1) is 0 Å². The van der Waals surface area contributed by atoms with Gasteiger partial charge in [0.05, 0.1) is 0 Å². The Labute approximate surface area is 87.7 Å². The van der Waals surface area contributed by atoms with Crippen LogP contribution in [0, 0.1) is 23.7 Å². The van der Waals surface area contributed by atoms with Gasteiger partial charge in [0.25, 0.3) is 0 Å². The summed E-state index contributed by atoms with van der Waals surface area (Å²) >= 11 is 0. The van der Waals surface area contributed by atoms with Crippen molar-refractivity contribution in [2.24, 2.45) is 23.7 Å². The molecular weight excluding hydrogens is 170 g/mol. The Morgan fingerprint density at radius 3 is 2.71 bits per heavy atom. The van der Waals surface area contributed by atoms with E-state index in [1.807, 2.05) is 0 Å². The highest BCUT2D eigenvalue weighted by Gasteiger charge is 2.56. The molecule has 3 unspecified atom stereocenters. The standard InChI is InChI=1S/C13H23N/c1-3-8(2)14-12-7-11-9-4-5-10(6-9)13(11)12/h8-14H,3-7H2,1-2H3/t8?,9?,10?,11-,12-,13+/m1/s1. The number of fused-ring (bicyclic) bond motifs is 5. The van der Waals surface area contributed by atoms with E-state index in [1.165, 1.54) is 12.8 Å². The second kappa shape index (κ2) is 3.23. The molecule has 1 nitrogen and oxygen atoms in total. The zero-order chi connectivity index (χ0) is 9.71. The molecule has 3 rings (SSSR count). The molecular formula is C13H23N. The lowest BCUT2D eigenvalue weighted by atomic mass is 9.62. The fourth-order valence-electron chi connectivity index (χ4n) is 4.35. The van der Waals surface area contributed by atoms with Crippen molar-refractivity contribution in [3.05, 3.63) is 0 Å². The van der Waals surface area contributed by atoms with Gasteiger partial charge in [-0.05, 0) is 62.7 Å². The van der Waals surface area contributed by atoms with Gasteiger partial charge in [0.1, 0.15) is 0 Å². The van der Waals surface area contributed by atoms with Crippen LogP contribution >= 0.6 is 0 Å². The Balaban J connectivity index is 1.60. The Kier molecular flexibility index (Phi) is 2.12. The lowest BCUT2D eigenvalue weighted by Crippen LogP contribution is -2.55. The van der Waals surface area contributed by atoms with Crippen molar-refractivity contribution < 1.29 is 0 Å². The van der Waals surface area contributed by atoms with Crippen LogP contribution in [0.5, 0.6) is 0 Å². The second-order valence-electron chi connectivity index (χ2n) is 5.89. The lowest BCUT2D eigenvalue weighted by Gasteiger charge is -2.49. The molecule has 0 heterocycles. The molecule has 0 aromatic rings. The Hall–Kier alpha value is -0.0400. The van der Waals surface area contributed by atoms with Crippen LogP contribution in [0.4, 0.5) is 0 Å². The normalized spacial score (nSPS) is 51.4. The predicted octanol–water partition coefficient (Wildman–Crippen LogP) is 2.81. The van der Waals surface area contributed by atoms with Crippen LogP contribution in [0.2, 0.25) is 0 Å². The average molecular weight is 193 g/mol. The third-order valence-electron chi connectivity index (χ3n) is 5.26. The van der Waals surface area contributed by atoms with Gasteiger partial charge in [0, 0.05) is 12.1 Å². The number of nitrogens with one attached hydrogen (secondary N) is 1. The molecule has 3 aliphatic rings. The van der Waals surface area contributed by atoms with Gasteiger partial charge in [-0.2, -0.15) is 0 Å². The van der Waals surface area contributed by atoms with E-state index in [-0.39, 0.29) is 0 Å². The molecule has 14 heavy (non-hydrogen) atoms. The maximum absolute atomic E-state index is 3.82. The van der Waals surface area contributed by atoms with Crippen LogP contribution in [-0.4, -0.2) is 12.1 Å². The van der Waals surface area contributed by atoms with Crippen molar-refractivity contribution in [3.8, 4) is 0 Å². The van der Waals surface area contributed by atoms with E-state index in [0.29, 0.717) is 0 Å². The summed E-state index contributed by atoms with van der Waals surface area (Å²) in [4.78, 5) is 0. The molecule has 6 atom stereocenters. The molecule has 3 fully saturated rings. The van der Waals surface area contributed by atoms with Crippen molar-refractivity contribution in [1.29, 1.82) is 0 Å². The molecule has 0 saturated heterocycles. The molecule has 0 aromatic heterocycles. The summed E-state index contributed by atoms with van der Waals surface area (Å²) < 4.78 is 0. The van der Waals surface area contributed by atoms with E-state index in [4.69, 9.17) is 0 Å². The first-order chi connectivity index (χ1) is 6.79. The smallest absolute Gasteiger partial charge is 0.0106 e. The Morgan fingerprint density at radius 1 is 1.21 bits per heavy atom. The highest BCUT2D eigenvalue weighted by Crippen LogP contribution is 2.61. The first kappa shape index (κ1) is 9.21. The molecule has 0 spiro atoms. The summed E-state index contributed by atoms with van der Waals surface area (Å²) in [7, 11) is 0. The summed E-state index contributed by atoms with van der Waals surface area (Å²) in [6.45, 7) is 4.62. The van der Waals surface area contributed by atoms with Gasteiger partial charge in [-0.3, -0.25) is 0 Å². The summed E-state index contributed by atoms with van der Waals surface area (Å²) in [6.07, 6.45) is 7.46. The largest absolute Gasteiger partial charge is 0.311 e. The van der Waals surface area contributed by atoms with E-state index in [2.05, 4.69) is 19.2 Å². The number of hydrogen-bond donors (Lipinski definition) is 1.